The average molecular weight is 250 g/mol. The molecule has 4 heteroatoms. The highest BCUT2D eigenvalue weighted by molar-refractivity contribution is 6.00. The lowest BCUT2D eigenvalue weighted by Gasteiger charge is -2.47. The van der Waals surface area contributed by atoms with Crippen LogP contribution in [0.1, 0.15) is 52.4 Å². The molecular formula is C14H22N2O2. The SMILES string of the molecule is CC1CC1N1C(=O)C2(CCCCC2)NC(=O)C1C. The largest absolute Gasteiger partial charge is 0.340 e. The highest BCUT2D eigenvalue weighted by Gasteiger charge is 2.55. The molecule has 1 heterocycles. The summed E-state index contributed by atoms with van der Waals surface area (Å²) in [6.07, 6.45) is 5.98. The molecule has 3 atom stereocenters. The third-order valence-electron chi connectivity index (χ3n) is 4.93. The van der Waals surface area contributed by atoms with Gasteiger partial charge in [0.15, 0.2) is 0 Å². The molecule has 100 valence electrons. The van der Waals surface area contributed by atoms with Crippen LogP contribution in [0, 0.1) is 5.92 Å². The summed E-state index contributed by atoms with van der Waals surface area (Å²) in [5.41, 5.74) is -0.565. The number of carbonyl (C=O) groups is 2. The minimum absolute atomic E-state index is 0.0376. The van der Waals surface area contributed by atoms with Crippen molar-refractivity contribution in [3.8, 4) is 0 Å². The molecule has 2 saturated carbocycles. The molecule has 0 aromatic heterocycles. The second-order valence-electron chi connectivity index (χ2n) is 6.30. The van der Waals surface area contributed by atoms with Gasteiger partial charge in [0, 0.05) is 6.04 Å². The van der Waals surface area contributed by atoms with Crippen molar-refractivity contribution in [1.82, 2.24) is 10.2 Å². The van der Waals surface area contributed by atoms with Crippen LogP contribution in [0.15, 0.2) is 0 Å². The van der Waals surface area contributed by atoms with Crippen molar-refractivity contribution >= 4 is 11.8 Å². The minimum atomic E-state index is -0.565. The van der Waals surface area contributed by atoms with Crippen molar-refractivity contribution in [3.05, 3.63) is 0 Å². The van der Waals surface area contributed by atoms with Crippen molar-refractivity contribution < 1.29 is 9.59 Å². The zero-order chi connectivity index (χ0) is 12.9. The summed E-state index contributed by atoms with van der Waals surface area (Å²) in [4.78, 5) is 26.8. The van der Waals surface area contributed by atoms with E-state index in [2.05, 4.69) is 12.2 Å². The second-order valence-corrected chi connectivity index (χ2v) is 6.30. The smallest absolute Gasteiger partial charge is 0.249 e. The van der Waals surface area contributed by atoms with E-state index in [9.17, 15) is 9.59 Å². The molecule has 0 radical (unpaired) electrons. The van der Waals surface area contributed by atoms with Gasteiger partial charge in [0.05, 0.1) is 0 Å². The normalized spacial score (nSPS) is 38.8. The number of nitrogens with one attached hydrogen (secondary N) is 1. The number of hydrogen-bond donors (Lipinski definition) is 1. The lowest BCUT2D eigenvalue weighted by Crippen LogP contribution is -2.70. The van der Waals surface area contributed by atoms with Gasteiger partial charge in [-0.25, -0.2) is 0 Å². The third kappa shape index (κ3) is 1.65. The quantitative estimate of drug-likeness (QED) is 0.765. The fraction of sp³-hybridized carbons (Fsp3) is 0.857. The van der Waals surface area contributed by atoms with Crippen molar-refractivity contribution in [2.24, 2.45) is 5.92 Å². The molecule has 0 aromatic rings. The van der Waals surface area contributed by atoms with Gasteiger partial charge in [-0.1, -0.05) is 26.2 Å². The Balaban J connectivity index is 1.89. The third-order valence-corrected chi connectivity index (χ3v) is 4.93. The Bertz CT molecular complexity index is 387. The highest BCUT2D eigenvalue weighted by atomic mass is 16.2. The van der Waals surface area contributed by atoms with Crippen LogP contribution in [0.25, 0.3) is 0 Å². The summed E-state index contributed by atoms with van der Waals surface area (Å²) in [5, 5.41) is 3.03. The second kappa shape index (κ2) is 3.97. The predicted molar refractivity (Wildman–Crippen MR) is 67.8 cm³/mol. The fourth-order valence-corrected chi connectivity index (χ4v) is 3.57. The first kappa shape index (κ1) is 12.0. The number of amides is 2. The van der Waals surface area contributed by atoms with E-state index in [4.69, 9.17) is 0 Å². The van der Waals surface area contributed by atoms with Gasteiger partial charge in [-0.05, 0) is 32.1 Å². The minimum Gasteiger partial charge on any atom is -0.340 e. The standard InChI is InChI=1S/C14H22N2O2/c1-9-8-11(9)16-10(2)12(17)15-14(13(16)18)6-4-3-5-7-14/h9-11H,3-8H2,1-2H3,(H,15,17). The van der Waals surface area contributed by atoms with E-state index >= 15 is 0 Å². The first-order valence-electron chi connectivity index (χ1n) is 7.20. The Hall–Kier alpha value is -1.06. The molecule has 3 aliphatic rings. The van der Waals surface area contributed by atoms with E-state index in [1.165, 1.54) is 6.42 Å². The van der Waals surface area contributed by atoms with Crippen LogP contribution in [-0.4, -0.2) is 34.3 Å². The van der Waals surface area contributed by atoms with Crippen LogP contribution < -0.4 is 5.32 Å². The maximum Gasteiger partial charge on any atom is 0.249 e. The molecule has 2 amide bonds. The molecule has 4 nitrogen and oxygen atoms in total. The van der Waals surface area contributed by atoms with Gasteiger partial charge in [-0.15, -0.1) is 0 Å². The van der Waals surface area contributed by atoms with Crippen LogP contribution in [0.4, 0.5) is 0 Å². The molecule has 3 fully saturated rings. The maximum atomic E-state index is 12.8. The topological polar surface area (TPSA) is 49.4 Å². The molecule has 1 spiro atoms. The fourth-order valence-electron chi connectivity index (χ4n) is 3.57. The van der Waals surface area contributed by atoms with Crippen molar-refractivity contribution in [2.75, 3.05) is 0 Å². The Morgan fingerprint density at radius 3 is 2.33 bits per heavy atom. The van der Waals surface area contributed by atoms with Gasteiger partial charge in [0.25, 0.3) is 0 Å². The first-order valence-corrected chi connectivity index (χ1v) is 7.20. The molecule has 1 saturated heterocycles. The molecule has 0 aromatic carbocycles. The van der Waals surface area contributed by atoms with Gasteiger partial charge in [0.2, 0.25) is 11.8 Å². The summed E-state index contributed by atoms with van der Waals surface area (Å²) in [6, 6.07) is 0.0114. The van der Waals surface area contributed by atoms with Crippen LogP contribution in [-0.2, 0) is 9.59 Å². The van der Waals surface area contributed by atoms with E-state index in [1.807, 2.05) is 11.8 Å². The Kier molecular flexibility index (Phi) is 2.65. The lowest BCUT2D eigenvalue weighted by molar-refractivity contribution is -0.156. The number of hydrogen-bond acceptors (Lipinski definition) is 2. The lowest BCUT2D eigenvalue weighted by atomic mass is 9.78. The van der Waals surface area contributed by atoms with Crippen LogP contribution >= 0.6 is 0 Å². The van der Waals surface area contributed by atoms with E-state index in [1.54, 1.807) is 0 Å². The Morgan fingerprint density at radius 1 is 1.17 bits per heavy atom. The summed E-state index contributed by atoms with van der Waals surface area (Å²) < 4.78 is 0. The number of rotatable bonds is 1. The van der Waals surface area contributed by atoms with Gasteiger partial charge < -0.3 is 10.2 Å². The zero-order valence-corrected chi connectivity index (χ0v) is 11.2. The number of piperazine rings is 1. The Labute approximate surface area is 108 Å². The zero-order valence-electron chi connectivity index (χ0n) is 11.2. The van der Waals surface area contributed by atoms with Gasteiger partial charge >= 0.3 is 0 Å². The predicted octanol–water partition coefficient (Wildman–Crippen LogP) is 1.44. The Morgan fingerprint density at radius 2 is 1.78 bits per heavy atom. The maximum absolute atomic E-state index is 12.8. The summed E-state index contributed by atoms with van der Waals surface area (Å²) in [7, 11) is 0. The number of carbonyl (C=O) groups excluding carboxylic acids is 2. The van der Waals surface area contributed by atoms with E-state index in [0.29, 0.717) is 12.0 Å². The van der Waals surface area contributed by atoms with Crippen molar-refractivity contribution in [2.45, 2.75) is 70.0 Å². The van der Waals surface area contributed by atoms with Crippen LogP contribution in [0.5, 0.6) is 0 Å². The van der Waals surface area contributed by atoms with Gasteiger partial charge in [0.1, 0.15) is 11.6 Å². The van der Waals surface area contributed by atoms with E-state index in [-0.39, 0.29) is 17.9 Å². The first-order chi connectivity index (χ1) is 8.55. The van der Waals surface area contributed by atoms with Crippen molar-refractivity contribution in [3.63, 3.8) is 0 Å². The van der Waals surface area contributed by atoms with E-state index < -0.39 is 5.54 Å². The van der Waals surface area contributed by atoms with Gasteiger partial charge in [-0.3, -0.25) is 9.59 Å². The van der Waals surface area contributed by atoms with Crippen molar-refractivity contribution in [1.29, 1.82) is 0 Å². The monoisotopic (exact) mass is 250 g/mol. The molecular weight excluding hydrogens is 228 g/mol. The van der Waals surface area contributed by atoms with Crippen LogP contribution in [0.2, 0.25) is 0 Å². The summed E-state index contributed by atoms with van der Waals surface area (Å²) >= 11 is 0. The molecule has 2 aliphatic carbocycles. The molecule has 18 heavy (non-hydrogen) atoms. The highest BCUT2D eigenvalue weighted by Crippen LogP contribution is 2.41. The van der Waals surface area contributed by atoms with E-state index in [0.717, 1.165) is 32.1 Å². The summed E-state index contributed by atoms with van der Waals surface area (Å²) in [6.45, 7) is 4.01. The molecule has 3 unspecified atom stereocenters. The van der Waals surface area contributed by atoms with Gasteiger partial charge in [-0.2, -0.15) is 0 Å². The number of nitrogens with zero attached hydrogens (tertiary/aromatic N) is 1. The van der Waals surface area contributed by atoms with Crippen LogP contribution in [0.3, 0.4) is 0 Å². The summed E-state index contributed by atoms with van der Waals surface area (Å²) in [5.74, 6) is 0.780. The molecule has 1 N–H and O–H groups in total. The molecule has 1 aliphatic heterocycles. The molecule has 0 bridgehead atoms. The average Bonchev–Trinajstić information content (AvgIpc) is 3.06. The molecule has 3 rings (SSSR count).